The number of aliphatic hydroxyl groups is 1. The van der Waals surface area contributed by atoms with Gasteiger partial charge in [0, 0.05) is 13.0 Å². The standard InChI is InChI=1S/C13H15F3O3/c14-13(15,16)8-18-4-3-12(17)9-1-2-10-6-19-7-11(10)5-9/h1-2,5,12,17H,3-4,6-8H2. The Kier molecular flexibility index (Phi) is 4.44. The molecule has 1 aliphatic rings. The molecule has 1 heterocycles. The highest BCUT2D eigenvalue weighted by atomic mass is 19.4. The Morgan fingerprint density at radius 2 is 2.00 bits per heavy atom. The number of hydrogen-bond acceptors (Lipinski definition) is 3. The summed E-state index contributed by atoms with van der Waals surface area (Å²) in [5, 5.41) is 9.88. The zero-order valence-corrected chi connectivity index (χ0v) is 10.2. The van der Waals surface area contributed by atoms with E-state index < -0.39 is 18.9 Å². The van der Waals surface area contributed by atoms with Crippen LogP contribution in [0.15, 0.2) is 18.2 Å². The molecule has 0 fully saturated rings. The van der Waals surface area contributed by atoms with Gasteiger partial charge in [-0.2, -0.15) is 13.2 Å². The van der Waals surface area contributed by atoms with Crippen molar-refractivity contribution in [3.63, 3.8) is 0 Å². The first-order valence-electron chi connectivity index (χ1n) is 5.98. The maximum Gasteiger partial charge on any atom is 0.411 e. The minimum Gasteiger partial charge on any atom is -0.388 e. The lowest BCUT2D eigenvalue weighted by atomic mass is 10.0. The fourth-order valence-electron chi connectivity index (χ4n) is 1.95. The summed E-state index contributed by atoms with van der Waals surface area (Å²) in [5.74, 6) is 0. The average molecular weight is 276 g/mol. The van der Waals surface area contributed by atoms with Gasteiger partial charge in [-0.3, -0.25) is 0 Å². The van der Waals surface area contributed by atoms with Gasteiger partial charge in [-0.1, -0.05) is 18.2 Å². The van der Waals surface area contributed by atoms with Crippen molar-refractivity contribution in [3.05, 3.63) is 34.9 Å². The Morgan fingerprint density at radius 1 is 1.26 bits per heavy atom. The summed E-state index contributed by atoms with van der Waals surface area (Å²) in [6, 6.07) is 5.47. The van der Waals surface area contributed by atoms with Gasteiger partial charge in [0.1, 0.15) is 6.61 Å². The van der Waals surface area contributed by atoms with E-state index in [1.54, 1.807) is 6.07 Å². The third kappa shape index (κ3) is 4.19. The molecule has 0 aromatic heterocycles. The molecule has 0 aliphatic carbocycles. The van der Waals surface area contributed by atoms with Crippen molar-refractivity contribution < 1.29 is 27.8 Å². The number of benzene rings is 1. The van der Waals surface area contributed by atoms with Crippen LogP contribution < -0.4 is 0 Å². The number of rotatable bonds is 5. The average Bonchev–Trinajstić information content (AvgIpc) is 2.80. The van der Waals surface area contributed by atoms with Crippen LogP contribution in [0.5, 0.6) is 0 Å². The van der Waals surface area contributed by atoms with Gasteiger partial charge in [0.15, 0.2) is 0 Å². The summed E-state index contributed by atoms with van der Waals surface area (Å²) in [6.07, 6.45) is -5.01. The van der Waals surface area contributed by atoms with Crippen LogP contribution in [-0.4, -0.2) is 24.5 Å². The Morgan fingerprint density at radius 3 is 2.74 bits per heavy atom. The molecule has 0 radical (unpaired) electrons. The zero-order chi connectivity index (χ0) is 13.9. The molecule has 106 valence electrons. The first-order chi connectivity index (χ1) is 8.96. The van der Waals surface area contributed by atoms with Crippen molar-refractivity contribution in [1.82, 2.24) is 0 Å². The van der Waals surface area contributed by atoms with Gasteiger partial charge in [0.05, 0.1) is 19.3 Å². The second-order valence-corrected chi connectivity index (χ2v) is 4.49. The van der Waals surface area contributed by atoms with Gasteiger partial charge in [0.25, 0.3) is 0 Å². The Balaban J connectivity index is 1.81. The van der Waals surface area contributed by atoms with Crippen molar-refractivity contribution >= 4 is 0 Å². The number of fused-ring (bicyclic) bond motifs is 1. The van der Waals surface area contributed by atoms with Crippen LogP contribution >= 0.6 is 0 Å². The van der Waals surface area contributed by atoms with E-state index in [2.05, 4.69) is 4.74 Å². The molecule has 1 N–H and O–H groups in total. The summed E-state index contributed by atoms with van der Waals surface area (Å²) in [5.41, 5.74) is 2.79. The molecule has 0 spiro atoms. The summed E-state index contributed by atoms with van der Waals surface area (Å²) in [7, 11) is 0. The topological polar surface area (TPSA) is 38.7 Å². The minimum atomic E-state index is -4.32. The van der Waals surface area contributed by atoms with Gasteiger partial charge in [0.2, 0.25) is 0 Å². The lowest BCUT2D eigenvalue weighted by molar-refractivity contribution is -0.175. The third-order valence-corrected chi connectivity index (χ3v) is 2.93. The highest BCUT2D eigenvalue weighted by Crippen LogP contribution is 2.25. The molecule has 0 amide bonds. The fraction of sp³-hybridized carbons (Fsp3) is 0.538. The van der Waals surface area contributed by atoms with Crippen LogP contribution in [0.3, 0.4) is 0 Å². The largest absolute Gasteiger partial charge is 0.411 e. The van der Waals surface area contributed by atoms with Crippen LogP contribution in [0.4, 0.5) is 13.2 Å². The Hall–Kier alpha value is -1.11. The molecular weight excluding hydrogens is 261 g/mol. The second-order valence-electron chi connectivity index (χ2n) is 4.49. The number of ether oxygens (including phenoxy) is 2. The smallest absolute Gasteiger partial charge is 0.388 e. The number of alkyl halides is 3. The predicted molar refractivity (Wildman–Crippen MR) is 61.4 cm³/mol. The van der Waals surface area contributed by atoms with Crippen LogP contribution in [0.1, 0.15) is 29.2 Å². The molecule has 2 rings (SSSR count). The molecule has 1 atom stereocenters. The molecule has 1 aromatic rings. The number of halogens is 3. The van der Waals surface area contributed by atoms with Crippen LogP contribution in [0.2, 0.25) is 0 Å². The quantitative estimate of drug-likeness (QED) is 0.840. The maximum absolute atomic E-state index is 11.9. The molecule has 1 aliphatic heterocycles. The van der Waals surface area contributed by atoms with E-state index in [9.17, 15) is 18.3 Å². The van der Waals surface area contributed by atoms with Gasteiger partial charge in [-0.05, 0) is 16.7 Å². The first kappa shape index (κ1) is 14.3. The van der Waals surface area contributed by atoms with E-state index in [0.29, 0.717) is 18.8 Å². The Bertz CT molecular complexity index is 432. The second kappa shape index (κ2) is 5.90. The molecule has 1 aromatic carbocycles. The molecule has 0 bridgehead atoms. The lowest BCUT2D eigenvalue weighted by Gasteiger charge is -2.13. The Labute approximate surface area is 108 Å². The predicted octanol–water partition coefficient (Wildman–Crippen LogP) is 2.72. The molecule has 19 heavy (non-hydrogen) atoms. The van der Waals surface area contributed by atoms with E-state index >= 15 is 0 Å². The van der Waals surface area contributed by atoms with Crippen molar-refractivity contribution in [1.29, 1.82) is 0 Å². The van der Waals surface area contributed by atoms with Crippen LogP contribution in [-0.2, 0) is 22.7 Å². The maximum atomic E-state index is 11.9. The third-order valence-electron chi connectivity index (χ3n) is 2.93. The van der Waals surface area contributed by atoms with E-state index in [4.69, 9.17) is 4.74 Å². The van der Waals surface area contributed by atoms with E-state index in [-0.39, 0.29) is 13.0 Å². The molecule has 3 nitrogen and oxygen atoms in total. The summed E-state index contributed by atoms with van der Waals surface area (Å²) < 4.78 is 45.3. The zero-order valence-electron chi connectivity index (χ0n) is 10.2. The van der Waals surface area contributed by atoms with Crippen molar-refractivity contribution in [2.75, 3.05) is 13.2 Å². The van der Waals surface area contributed by atoms with E-state index in [1.807, 2.05) is 12.1 Å². The highest BCUT2D eigenvalue weighted by Gasteiger charge is 2.27. The highest BCUT2D eigenvalue weighted by molar-refractivity contribution is 5.34. The first-order valence-corrected chi connectivity index (χ1v) is 5.98. The fourth-order valence-corrected chi connectivity index (χ4v) is 1.95. The van der Waals surface area contributed by atoms with Crippen molar-refractivity contribution in [2.24, 2.45) is 0 Å². The molecule has 0 saturated heterocycles. The van der Waals surface area contributed by atoms with Crippen LogP contribution in [0.25, 0.3) is 0 Å². The van der Waals surface area contributed by atoms with Crippen LogP contribution in [0, 0.1) is 0 Å². The monoisotopic (exact) mass is 276 g/mol. The van der Waals surface area contributed by atoms with Gasteiger partial charge in [-0.25, -0.2) is 0 Å². The van der Waals surface area contributed by atoms with E-state index in [0.717, 1.165) is 11.1 Å². The summed E-state index contributed by atoms with van der Waals surface area (Å²) >= 11 is 0. The SMILES string of the molecule is OC(CCOCC(F)(F)F)c1ccc2c(c1)COC2. The molecule has 0 saturated carbocycles. The summed E-state index contributed by atoms with van der Waals surface area (Å²) in [6.45, 7) is -0.327. The normalized spacial score (nSPS) is 16.4. The molecular formula is C13H15F3O3. The summed E-state index contributed by atoms with van der Waals surface area (Å²) in [4.78, 5) is 0. The molecule has 6 heteroatoms. The van der Waals surface area contributed by atoms with Crippen molar-refractivity contribution in [2.45, 2.75) is 31.9 Å². The van der Waals surface area contributed by atoms with Gasteiger partial charge < -0.3 is 14.6 Å². The van der Waals surface area contributed by atoms with Gasteiger partial charge >= 0.3 is 6.18 Å². The van der Waals surface area contributed by atoms with E-state index in [1.165, 1.54) is 0 Å². The number of aliphatic hydroxyl groups excluding tert-OH is 1. The number of hydrogen-bond donors (Lipinski definition) is 1. The van der Waals surface area contributed by atoms with Gasteiger partial charge in [-0.15, -0.1) is 0 Å². The van der Waals surface area contributed by atoms with Crippen molar-refractivity contribution in [3.8, 4) is 0 Å². The minimum absolute atomic E-state index is 0.131. The lowest BCUT2D eigenvalue weighted by Crippen LogP contribution is -2.18. The molecule has 1 unspecified atom stereocenters.